The maximum atomic E-state index is 12.8. The molecule has 0 heterocycles. The Hall–Kier alpha value is -4.68. The lowest BCUT2D eigenvalue weighted by atomic mass is 10.1. The second-order valence-electron chi connectivity index (χ2n) is 16.1. The van der Waals surface area contributed by atoms with Crippen LogP contribution in [0.15, 0.2) is 115 Å². The molecule has 8 nitrogen and oxygen atoms in total. The fourth-order valence-electron chi connectivity index (χ4n) is 6.21. The first-order valence-corrected chi connectivity index (χ1v) is 25.2. The van der Waals surface area contributed by atoms with Gasteiger partial charge in [0.15, 0.2) is 6.10 Å². The predicted octanol–water partition coefficient (Wildman–Crippen LogP) is 15.3. The smallest absolute Gasteiger partial charge is 0.331 e. The fourth-order valence-corrected chi connectivity index (χ4v) is 6.21. The summed E-state index contributed by atoms with van der Waals surface area (Å²) in [6.45, 7) is 6.22. The molecule has 0 aliphatic rings. The van der Waals surface area contributed by atoms with E-state index < -0.39 is 18.0 Å². The highest BCUT2D eigenvalue weighted by Crippen LogP contribution is 2.12. The molecular weight excluding hydrogens is 813 g/mol. The predicted molar refractivity (Wildman–Crippen MR) is 270 cm³/mol. The molecule has 0 radical (unpaired) electrons. The Kier molecular flexibility index (Phi) is 46.7. The van der Waals surface area contributed by atoms with Gasteiger partial charge in [0.2, 0.25) is 0 Å². The highest BCUT2D eigenvalue weighted by atomic mass is 16.6. The van der Waals surface area contributed by atoms with Crippen molar-refractivity contribution in [2.24, 2.45) is 0 Å². The van der Waals surface area contributed by atoms with Crippen molar-refractivity contribution in [3.63, 3.8) is 0 Å². The first-order chi connectivity index (χ1) is 31.9. The minimum Gasteiger partial charge on any atom is -0.462 e. The van der Waals surface area contributed by atoms with Crippen molar-refractivity contribution in [1.29, 1.82) is 0 Å². The third-order valence-electron chi connectivity index (χ3n) is 9.95. The third kappa shape index (κ3) is 48.6. The number of carbonyl (C=O) groups excluding carboxylic acids is 4. The number of rotatable bonds is 43. The van der Waals surface area contributed by atoms with E-state index >= 15 is 0 Å². The molecule has 0 aliphatic carbocycles. The lowest BCUT2D eigenvalue weighted by Crippen LogP contribution is -2.30. The van der Waals surface area contributed by atoms with Gasteiger partial charge in [-0.25, -0.2) is 4.79 Å². The average molecular weight is 901 g/mol. The SMILES string of the molecule is CC/C=C\C/C=C\C/C=C\CCCCCCCC(=O)OC[C@H](COC(=O)CCCC=C=CCOC(=O)/C=C/C=C\CCCCC)OC(=O)CCCCCCC/C=C\C/C=C\C/C=C\CC. The maximum absolute atomic E-state index is 12.8. The van der Waals surface area contributed by atoms with E-state index in [9.17, 15) is 19.2 Å². The first kappa shape index (κ1) is 60.3. The van der Waals surface area contributed by atoms with Gasteiger partial charge in [0.05, 0.1) is 0 Å². The Morgan fingerprint density at radius 2 is 0.892 bits per heavy atom. The number of hydrogen-bond donors (Lipinski definition) is 0. The molecule has 364 valence electrons. The topological polar surface area (TPSA) is 105 Å². The number of ether oxygens (including phenoxy) is 4. The highest BCUT2D eigenvalue weighted by Gasteiger charge is 2.19. The Labute approximate surface area is 395 Å². The highest BCUT2D eigenvalue weighted by molar-refractivity contribution is 5.82. The van der Waals surface area contributed by atoms with Gasteiger partial charge in [-0.3, -0.25) is 14.4 Å². The Morgan fingerprint density at radius 1 is 0.431 bits per heavy atom. The van der Waals surface area contributed by atoms with E-state index in [0.29, 0.717) is 25.7 Å². The van der Waals surface area contributed by atoms with E-state index in [2.05, 4.69) is 99.4 Å². The van der Waals surface area contributed by atoms with Crippen molar-refractivity contribution in [1.82, 2.24) is 0 Å². The van der Waals surface area contributed by atoms with Crippen molar-refractivity contribution < 1.29 is 38.1 Å². The summed E-state index contributed by atoms with van der Waals surface area (Å²) in [5.41, 5.74) is 2.96. The number of carbonyl (C=O) groups is 4. The Balaban J connectivity index is 4.63. The number of allylic oxidation sites excluding steroid dienone is 15. The van der Waals surface area contributed by atoms with Gasteiger partial charge >= 0.3 is 23.9 Å². The second-order valence-corrected chi connectivity index (χ2v) is 16.1. The van der Waals surface area contributed by atoms with Gasteiger partial charge in [-0.15, -0.1) is 5.73 Å². The van der Waals surface area contributed by atoms with Gasteiger partial charge in [0, 0.05) is 25.3 Å². The molecule has 0 aromatic heterocycles. The molecule has 0 unspecified atom stereocenters. The summed E-state index contributed by atoms with van der Waals surface area (Å²) in [5.74, 6) is -1.58. The van der Waals surface area contributed by atoms with Crippen LogP contribution in [0, 0.1) is 0 Å². The summed E-state index contributed by atoms with van der Waals surface area (Å²) in [6.07, 6.45) is 60.4. The molecule has 0 rings (SSSR count). The fraction of sp³-hybridized carbons (Fsp3) is 0.596. The molecule has 0 aromatic rings. The zero-order chi connectivity index (χ0) is 47.4. The molecule has 0 saturated carbocycles. The van der Waals surface area contributed by atoms with Crippen LogP contribution in [0.1, 0.15) is 194 Å². The van der Waals surface area contributed by atoms with Crippen molar-refractivity contribution in [2.45, 2.75) is 200 Å². The Morgan fingerprint density at radius 3 is 1.45 bits per heavy atom. The summed E-state index contributed by atoms with van der Waals surface area (Å²) >= 11 is 0. The molecule has 0 aliphatic heterocycles. The van der Waals surface area contributed by atoms with Crippen molar-refractivity contribution in [3.8, 4) is 0 Å². The molecule has 1 atom stereocenters. The van der Waals surface area contributed by atoms with Gasteiger partial charge in [-0.05, 0) is 115 Å². The van der Waals surface area contributed by atoms with Crippen LogP contribution < -0.4 is 0 Å². The maximum Gasteiger partial charge on any atom is 0.331 e. The average Bonchev–Trinajstić information content (AvgIpc) is 3.30. The quantitative estimate of drug-likeness (QED) is 0.0113. The van der Waals surface area contributed by atoms with Crippen LogP contribution >= 0.6 is 0 Å². The Bertz CT molecular complexity index is 1480. The van der Waals surface area contributed by atoms with Crippen molar-refractivity contribution in [2.75, 3.05) is 19.8 Å². The van der Waals surface area contributed by atoms with Crippen LogP contribution in [0.2, 0.25) is 0 Å². The summed E-state index contributed by atoms with van der Waals surface area (Å²) in [5, 5.41) is 0. The van der Waals surface area contributed by atoms with E-state index in [1.165, 1.54) is 18.9 Å². The van der Waals surface area contributed by atoms with E-state index in [1.54, 1.807) is 18.2 Å². The van der Waals surface area contributed by atoms with E-state index in [1.807, 2.05) is 12.2 Å². The van der Waals surface area contributed by atoms with Gasteiger partial charge in [-0.2, -0.15) is 0 Å². The van der Waals surface area contributed by atoms with E-state index in [-0.39, 0.29) is 44.6 Å². The van der Waals surface area contributed by atoms with Crippen LogP contribution in [0.5, 0.6) is 0 Å². The van der Waals surface area contributed by atoms with Gasteiger partial charge in [-0.1, -0.05) is 163 Å². The molecule has 0 N–H and O–H groups in total. The molecule has 65 heavy (non-hydrogen) atoms. The zero-order valence-corrected chi connectivity index (χ0v) is 40.9. The summed E-state index contributed by atoms with van der Waals surface area (Å²) in [6, 6.07) is 0. The van der Waals surface area contributed by atoms with Crippen LogP contribution in [0.25, 0.3) is 0 Å². The van der Waals surface area contributed by atoms with Gasteiger partial charge in [0.1, 0.15) is 19.8 Å². The zero-order valence-electron chi connectivity index (χ0n) is 40.9. The van der Waals surface area contributed by atoms with Crippen molar-refractivity contribution in [3.05, 3.63) is 115 Å². The lowest BCUT2D eigenvalue weighted by molar-refractivity contribution is -0.167. The molecule has 0 aromatic carbocycles. The third-order valence-corrected chi connectivity index (χ3v) is 9.95. The summed E-state index contributed by atoms with van der Waals surface area (Å²) < 4.78 is 21.7. The molecule has 0 saturated heterocycles. The molecule has 0 spiro atoms. The molecule has 0 fully saturated rings. The molecular formula is C57H88O8. The number of hydrogen-bond acceptors (Lipinski definition) is 8. The van der Waals surface area contributed by atoms with Gasteiger partial charge < -0.3 is 18.9 Å². The minimum atomic E-state index is -0.867. The monoisotopic (exact) mass is 901 g/mol. The molecule has 0 bridgehead atoms. The second kappa shape index (κ2) is 50.3. The van der Waals surface area contributed by atoms with Crippen LogP contribution in [-0.4, -0.2) is 49.8 Å². The molecule has 8 heteroatoms. The van der Waals surface area contributed by atoms with Crippen LogP contribution in [0.3, 0.4) is 0 Å². The van der Waals surface area contributed by atoms with Crippen LogP contribution in [-0.2, 0) is 38.1 Å². The number of esters is 4. The standard InChI is InChI=1S/C57H88O8/c1-4-7-10-13-16-18-20-22-24-26-28-30-33-37-42-47-55(59)63-51-53(65-57(61)49-44-38-34-31-29-27-25-23-21-19-17-14-11-8-5-2)52-64-56(60)48-43-39-35-40-45-50-62-54(58)46-41-36-32-15-12-9-6-3/h7-8,10-11,16-19,22-25,32,35-36,41,45-46,53H,4-6,9,12-15,20-21,26-31,33-34,37-39,42-44,47-52H2,1-3H3/b10-7-,11-8-,18-16-,19-17-,24-22-,25-23-,36-32-,46-41+/t40?,53-/m1/s1. The van der Waals surface area contributed by atoms with E-state index in [0.717, 1.165) is 122 Å². The first-order valence-electron chi connectivity index (χ1n) is 25.2. The summed E-state index contributed by atoms with van der Waals surface area (Å²) in [7, 11) is 0. The molecule has 0 amide bonds. The number of unbranched alkanes of at least 4 members (excludes halogenated alkanes) is 14. The lowest BCUT2D eigenvalue weighted by Gasteiger charge is -2.18. The van der Waals surface area contributed by atoms with Gasteiger partial charge in [0.25, 0.3) is 0 Å². The van der Waals surface area contributed by atoms with Crippen molar-refractivity contribution >= 4 is 23.9 Å². The minimum absolute atomic E-state index is 0.107. The van der Waals surface area contributed by atoms with Crippen LogP contribution in [0.4, 0.5) is 0 Å². The largest absolute Gasteiger partial charge is 0.462 e. The van der Waals surface area contributed by atoms with E-state index in [4.69, 9.17) is 18.9 Å². The normalized spacial score (nSPS) is 12.5. The summed E-state index contributed by atoms with van der Waals surface area (Å²) in [4.78, 5) is 49.7.